The Balaban J connectivity index is 2.04. The van der Waals surface area contributed by atoms with Gasteiger partial charge in [0, 0.05) is 28.9 Å². The van der Waals surface area contributed by atoms with Crippen molar-refractivity contribution in [2.45, 2.75) is 45.4 Å². The fourth-order valence-electron chi connectivity index (χ4n) is 3.06. The molecule has 4 nitrogen and oxygen atoms in total. The van der Waals surface area contributed by atoms with E-state index in [4.69, 9.17) is 3.63 Å². The molecule has 1 saturated heterocycles. The fourth-order valence-corrected chi connectivity index (χ4v) is 11.3. The molecule has 1 saturated carbocycles. The lowest BCUT2D eigenvalue weighted by molar-refractivity contribution is -0.120. The molecule has 7 heteroatoms. The average Bonchev–Trinajstić information content (AvgIpc) is 2.99. The van der Waals surface area contributed by atoms with Gasteiger partial charge < -0.3 is 0 Å². The van der Waals surface area contributed by atoms with E-state index < -0.39 is 20.4 Å². The Hall–Kier alpha value is 0.280. The SMILES string of the molecule is CCCCS(=O)(=O)OS1(CC(=O)C2CCCC2)CCSCC1. The molecule has 0 unspecified atom stereocenters. The highest BCUT2D eigenvalue weighted by atomic mass is 32.3. The highest BCUT2D eigenvalue weighted by molar-refractivity contribution is 8.34. The summed E-state index contributed by atoms with van der Waals surface area (Å²) in [7, 11) is -5.28. The van der Waals surface area contributed by atoms with Crippen molar-refractivity contribution in [3.63, 3.8) is 0 Å². The maximum Gasteiger partial charge on any atom is 0.276 e. The molecule has 0 atom stereocenters. The van der Waals surface area contributed by atoms with E-state index in [2.05, 4.69) is 0 Å². The van der Waals surface area contributed by atoms with Crippen LogP contribution in [-0.2, 0) is 18.5 Å². The first-order valence-electron chi connectivity index (χ1n) is 8.27. The first-order chi connectivity index (χ1) is 10.5. The van der Waals surface area contributed by atoms with E-state index in [1.165, 1.54) is 0 Å². The molecular formula is C15H28O4S3. The number of thioether (sulfide) groups is 1. The van der Waals surface area contributed by atoms with E-state index in [-0.39, 0.29) is 17.5 Å². The first-order valence-corrected chi connectivity index (χ1v) is 13.1. The fraction of sp³-hybridized carbons (Fsp3) is 0.933. The quantitative estimate of drug-likeness (QED) is 0.657. The first kappa shape index (κ1) is 18.6. The molecule has 0 spiro atoms. The summed E-state index contributed by atoms with van der Waals surface area (Å²) >= 11 is 1.84. The van der Waals surface area contributed by atoms with Gasteiger partial charge in [0.1, 0.15) is 5.78 Å². The van der Waals surface area contributed by atoms with E-state index in [1.54, 1.807) is 0 Å². The molecule has 0 N–H and O–H groups in total. The lowest BCUT2D eigenvalue weighted by Gasteiger charge is -2.41. The molecule has 1 aliphatic carbocycles. The summed E-state index contributed by atoms with van der Waals surface area (Å²) in [6.07, 6.45) is 5.68. The largest absolute Gasteiger partial charge is 0.298 e. The Labute approximate surface area is 140 Å². The number of rotatable bonds is 8. The monoisotopic (exact) mass is 368 g/mol. The maximum atomic E-state index is 12.6. The highest BCUT2D eigenvalue weighted by Crippen LogP contribution is 2.54. The van der Waals surface area contributed by atoms with E-state index in [0.717, 1.165) is 55.1 Å². The van der Waals surface area contributed by atoms with Crippen molar-refractivity contribution in [2.75, 3.05) is 34.5 Å². The zero-order chi connectivity index (χ0) is 16.1. The van der Waals surface area contributed by atoms with Gasteiger partial charge in [0.25, 0.3) is 10.1 Å². The minimum Gasteiger partial charge on any atom is -0.298 e. The van der Waals surface area contributed by atoms with Gasteiger partial charge in [-0.15, -0.1) is 10.3 Å². The van der Waals surface area contributed by atoms with Crippen LogP contribution in [0.5, 0.6) is 0 Å². The van der Waals surface area contributed by atoms with Crippen LogP contribution in [-0.4, -0.2) is 48.7 Å². The number of hydrogen-bond donors (Lipinski definition) is 0. The molecule has 0 amide bonds. The van der Waals surface area contributed by atoms with Crippen LogP contribution in [0.2, 0.25) is 0 Å². The van der Waals surface area contributed by atoms with Crippen LogP contribution in [0.15, 0.2) is 0 Å². The van der Waals surface area contributed by atoms with Gasteiger partial charge in [0.15, 0.2) is 0 Å². The number of carbonyl (C=O) groups is 1. The van der Waals surface area contributed by atoms with Crippen molar-refractivity contribution in [2.24, 2.45) is 5.92 Å². The molecule has 2 fully saturated rings. The summed E-state index contributed by atoms with van der Waals surface area (Å²) in [4.78, 5) is 12.6. The molecule has 0 bridgehead atoms. The van der Waals surface area contributed by atoms with Crippen molar-refractivity contribution in [1.29, 1.82) is 0 Å². The van der Waals surface area contributed by atoms with E-state index in [0.29, 0.717) is 12.2 Å². The van der Waals surface area contributed by atoms with E-state index >= 15 is 0 Å². The predicted octanol–water partition coefficient (Wildman–Crippen LogP) is 3.36. The minimum atomic E-state index is -3.50. The van der Waals surface area contributed by atoms with Crippen molar-refractivity contribution in [3.8, 4) is 0 Å². The van der Waals surface area contributed by atoms with Crippen LogP contribution in [0.4, 0.5) is 0 Å². The van der Waals surface area contributed by atoms with E-state index in [9.17, 15) is 13.2 Å². The van der Waals surface area contributed by atoms with Crippen LogP contribution in [0, 0.1) is 5.92 Å². The number of ketones is 1. The average molecular weight is 369 g/mol. The second-order valence-corrected chi connectivity index (χ2v) is 12.6. The van der Waals surface area contributed by atoms with Crippen LogP contribution in [0.3, 0.4) is 0 Å². The van der Waals surface area contributed by atoms with Gasteiger partial charge in [-0.2, -0.15) is 20.2 Å². The molecule has 2 rings (SSSR count). The number of unbranched alkanes of at least 4 members (excludes halogenated alkanes) is 1. The number of carbonyl (C=O) groups excluding carboxylic acids is 1. The molecule has 0 aromatic carbocycles. The van der Waals surface area contributed by atoms with Crippen molar-refractivity contribution in [1.82, 2.24) is 0 Å². The molecule has 0 aromatic rings. The number of hydrogen-bond acceptors (Lipinski definition) is 5. The van der Waals surface area contributed by atoms with Crippen LogP contribution >= 0.6 is 22.1 Å². The second kappa shape index (κ2) is 8.40. The Morgan fingerprint density at radius 1 is 1.23 bits per heavy atom. The van der Waals surface area contributed by atoms with Crippen LogP contribution in [0.25, 0.3) is 0 Å². The molecule has 0 aromatic heterocycles. The van der Waals surface area contributed by atoms with Crippen molar-refractivity contribution in [3.05, 3.63) is 0 Å². The van der Waals surface area contributed by atoms with E-state index in [1.807, 2.05) is 18.7 Å². The smallest absolute Gasteiger partial charge is 0.276 e. The highest BCUT2D eigenvalue weighted by Gasteiger charge is 2.37. The normalized spacial score (nSPS) is 24.2. The second-order valence-electron chi connectivity index (χ2n) is 6.26. The molecule has 22 heavy (non-hydrogen) atoms. The topological polar surface area (TPSA) is 60.4 Å². The summed E-state index contributed by atoms with van der Waals surface area (Å²) < 4.78 is 30.2. The molecule has 1 heterocycles. The van der Waals surface area contributed by atoms with Gasteiger partial charge >= 0.3 is 0 Å². The lowest BCUT2D eigenvalue weighted by atomic mass is 10.0. The Morgan fingerprint density at radius 3 is 2.45 bits per heavy atom. The van der Waals surface area contributed by atoms with Crippen molar-refractivity contribution >= 4 is 38.0 Å². The third kappa shape index (κ3) is 5.42. The maximum absolute atomic E-state index is 12.6. The van der Waals surface area contributed by atoms with Crippen LogP contribution in [0.1, 0.15) is 45.4 Å². The van der Waals surface area contributed by atoms with Gasteiger partial charge in [0.2, 0.25) is 0 Å². The van der Waals surface area contributed by atoms with Gasteiger partial charge in [-0.05, 0) is 19.3 Å². The molecule has 130 valence electrons. The summed E-state index contributed by atoms with van der Waals surface area (Å²) in [6, 6.07) is 0. The summed E-state index contributed by atoms with van der Waals surface area (Å²) in [5, 5.41) is 0. The Kier molecular flexibility index (Phi) is 7.11. The standard InChI is InChI=1S/C15H28O4S3/c1-2-3-10-22(17,18)19-21(11-8-20-9-12-21)13-15(16)14-6-4-5-7-14/h14H,2-13H2,1H3. The van der Waals surface area contributed by atoms with Gasteiger partial charge in [-0.3, -0.25) is 4.79 Å². The summed E-state index contributed by atoms with van der Waals surface area (Å²) in [5.74, 6) is 4.19. The molecular weight excluding hydrogens is 340 g/mol. The zero-order valence-electron chi connectivity index (χ0n) is 13.4. The van der Waals surface area contributed by atoms with Crippen molar-refractivity contribution < 1.29 is 16.8 Å². The van der Waals surface area contributed by atoms with Gasteiger partial charge in [-0.25, -0.2) is 3.63 Å². The van der Waals surface area contributed by atoms with Crippen LogP contribution < -0.4 is 0 Å². The molecule has 0 radical (unpaired) electrons. The summed E-state index contributed by atoms with van der Waals surface area (Å²) in [5.41, 5.74) is 0. The van der Waals surface area contributed by atoms with Gasteiger partial charge in [0.05, 0.1) is 11.5 Å². The zero-order valence-corrected chi connectivity index (χ0v) is 15.9. The third-order valence-corrected chi connectivity index (χ3v) is 11.4. The third-order valence-electron chi connectivity index (χ3n) is 4.41. The number of Topliss-reactive ketones (excluding diaryl/α,β-unsaturated/α-hetero) is 1. The molecule has 1 aliphatic heterocycles. The summed E-state index contributed by atoms with van der Waals surface area (Å²) in [6.45, 7) is 1.97. The molecule has 2 aliphatic rings. The van der Waals surface area contributed by atoms with Gasteiger partial charge in [-0.1, -0.05) is 26.2 Å². The Bertz CT molecular complexity index is 463. The Morgan fingerprint density at radius 2 is 1.86 bits per heavy atom. The lowest BCUT2D eigenvalue weighted by Crippen LogP contribution is -2.31. The minimum absolute atomic E-state index is 0.0863. The predicted molar refractivity (Wildman–Crippen MR) is 96.3 cm³/mol.